The second-order valence-electron chi connectivity index (χ2n) is 7.29. The van der Waals surface area contributed by atoms with Crippen LogP contribution in [0.4, 0.5) is 0 Å². The zero-order valence-electron chi connectivity index (χ0n) is 15.3. The molecule has 3 atom stereocenters. The van der Waals surface area contributed by atoms with Crippen LogP contribution in [-0.4, -0.2) is 32.9 Å². The molecule has 2 unspecified atom stereocenters. The number of hydrogen-bond acceptors (Lipinski definition) is 5. The number of methoxy groups -OCH3 is 2. The topological polar surface area (TPSA) is 54.0 Å². The molecule has 2 fully saturated rings. The fourth-order valence-corrected chi connectivity index (χ4v) is 4.40. The molecule has 0 aliphatic heterocycles. The van der Waals surface area contributed by atoms with Gasteiger partial charge < -0.3 is 18.9 Å². The van der Waals surface area contributed by atoms with Crippen molar-refractivity contribution in [1.82, 2.24) is 0 Å². The summed E-state index contributed by atoms with van der Waals surface area (Å²) in [6, 6.07) is 7.35. The molecule has 5 nitrogen and oxygen atoms in total. The molecule has 25 heavy (non-hydrogen) atoms. The molecule has 2 bridgehead atoms. The summed E-state index contributed by atoms with van der Waals surface area (Å²) in [6.45, 7) is 4.44. The molecule has 2 aliphatic carbocycles. The number of benzene rings is 1. The van der Waals surface area contributed by atoms with Gasteiger partial charge in [0.1, 0.15) is 24.4 Å². The van der Waals surface area contributed by atoms with E-state index in [9.17, 15) is 4.79 Å². The van der Waals surface area contributed by atoms with E-state index in [-0.39, 0.29) is 23.9 Å². The Morgan fingerprint density at radius 1 is 1.16 bits per heavy atom. The van der Waals surface area contributed by atoms with E-state index in [4.69, 9.17) is 18.9 Å². The van der Waals surface area contributed by atoms with Gasteiger partial charge in [-0.05, 0) is 54.5 Å². The number of carbonyl (C=O) groups excluding carboxylic acids is 1. The smallest absolute Gasteiger partial charge is 0.172 e. The fourth-order valence-electron chi connectivity index (χ4n) is 4.40. The van der Waals surface area contributed by atoms with Gasteiger partial charge in [0.05, 0.1) is 18.8 Å². The molecule has 0 radical (unpaired) electrons. The predicted octanol–water partition coefficient (Wildman–Crippen LogP) is 3.58. The molecule has 1 aromatic rings. The van der Waals surface area contributed by atoms with Crippen molar-refractivity contribution in [3.05, 3.63) is 36.6 Å². The van der Waals surface area contributed by atoms with E-state index in [0.717, 1.165) is 18.6 Å². The number of fused-ring (bicyclic) bond motifs is 2. The van der Waals surface area contributed by atoms with Crippen LogP contribution in [0.2, 0.25) is 0 Å². The zero-order valence-corrected chi connectivity index (χ0v) is 15.3. The number of ketones is 1. The maximum atomic E-state index is 13.0. The lowest BCUT2D eigenvalue weighted by Gasteiger charge is -2.32. The molecule has 1 aromatic carbocycles. The first kappa shape index (κ1) is 18.0. The summed E-state index contributed by atoms with van der Waals surface area (Å²) in [5.41, 5.74) is -0.704. The van der Waals surface area contributed by atoms with Crippen molar-refractivity contribution in [1.29, 1.82) is 0 Å². The van der Waals surface area contributed by atoms with Crippen molar-refractivity contribution >= 4 is 5.78 Å². The van der Waals surface area contributed by atoms with Crippen LogP contribution in [0.1, 0.15) is 26.7 Å². The highest BCUT2D eigenvalue weighted by atomic mass is 16.7. The number of Topliss-reactive ketones (excluding diaryl/α,β-unsaturated/α-hetero) is 1. The van der Waals surface area contributed by atoms with Crippen LogP contribution < -0.4 is 9.47 Å². The van der Waals surface area contributed by atoms with E-state index < -0.39 is 11.5 Å². The molecule has 0 spiro atoms. The minimum atomic E-state index is -0.539. The molecule has 0 saturated heterocycles. The lowest BCUT2D eigenvalue weighted by atomic mass is 9.69. The minimum absolute atomic E-state index is 0.139. The van der Waals surface area contributed by atoms with E-state index in [1.54, 1.807) is 20.5 Å². The van der Waals surface area contributed by atoms with E-state index >= 15 is 0 Å². The first-order valence-electron chi connectivity index (χ1n) is 8.59. The Kier molecular flexibility index (Phi) is 4.89. The van der Waals surface area contributed by atoms with E-state index in [1.165, 1.54) is 0 Å². The molecule has 2 aliphatic rings. The Labute approximate surface area is 148 Å². The van der Waals surface area contributed by atoms with Gasteiger partial charge in [-0.1, -0.05) is 13.8 Å². The van der Waals surface area contributed by atoms with Gasteiger partial charge in [0.25, 0.3) is 0 Å². The number of rotatable bonds is 7. The normalized spacial score (nSPS) is 30.2. The monoisotopic (exact) mass is 346 g/mol. The lowest BCUT2D eigenvalue weighted by molar-refractivity contribution is -0.146. The molecular weight excluding hydrogens is 320 g/mol. The van der Waals surface area contributed by atoms with Crippen LogP contribution >= 0.6 is 0 Å². The van der Waals surface area contributed by atoms with Crippen LogP contribution in [0, 0.1) is 16.7 Å². The SMILES string of the molecule is COCO[C@H]1C(=O)C2(/C=C/Oc3ccc(OC)cc3)CCC1C2(C)C. The van der Waals surface area contributed by atoms with Crippen LogP contribution in [0.5, 0.6) is 11.5 Å². The van der Waals surface area contributed by atoms with Crippen LogP contribution in [0.3, 0.4) is 0 Å². The maximum absolute atomic E-state index is 13.0. The van der Waals surface area contributed by atoms with Gasteiger partial charge in [0.15, 0.2) is 5.78 Å². The third-order valence-corrected chi connectivity index (χ3v) is 5.97. The zero-order chi connectivity index (χ0) is 18.1. The molecule has 5 heteroatoms. The third kappa shape index (κ3) is 2.85. The Morgan fingerprint density at radius 3 is 2.48 bits per heavy atom. The second kappa shape index (κ2) is 6.81. The second-order valence-corrected chi connectivity index (χ2v) is 7.29. The van der Waals surface area contributed by atoms with Crippen molar-refractivity contribution in [2.24, 2.45) is 16.7 Å². The van der Waals surface area contributed by atoms with Crippen molar-refractivity contribution in [2.45, 2.75) is 32.8 Å². The minimum Gasteiger partial charge on any atom is -0.497 e. The number of hydrogen-bond donors (Lipinski definition) is 0. The maximum Gasteiger partial charge on any atom is 0.172 e. The summed E-state index contributed by atoms with van der Waals surface area (Å²) in [6.07, 6.45) is 4.98. The summed E-state index contributed by atoms with van der Waals surface area (Å²) in [5, 5.41) is 0. The fraction of sp³-hybridized carbons (Fsp3) is 0.550. The van der Waals surface area contributed by atoms with Crippen molar-refractivity contribution < 1.29 is 23.7 Å². The van der Waals surface area contributed by atoms with Crippen molar-refractivity contribution in [2.75, 3.05) is 21.0 Å². The Balaban J connectivity index is 1.76. The van der Waals surface area contributed by atoms with Gasteiger partial charge in [0, 0.05) is 7.11 Å². The van der Waals surface area contributed by atoms with Gasteiger partial charge in [-0.15, -0.1) is 0 Å². The highest BCUT2D eigenvalue weighted by Gasteiger charge is 2.68. The standard InChI is InChI=1S/C20H26O5/c1-19(2)16-9-10-20(19,18(21)17(16)25-13-22-3)11-12-24-15-7-5-14(23-4)6-8-15/h5-8,11-12,16-17H,9-10,13H2,1-4H3/b12-11+/t16?,17-,20?/m1/s1. The van der Waals surface area contributed by atoms with E-state index in [0.29, 0.717) is 5.75 Å². The van der Waals surface area contributed by atoms with Crippen molar-refractivity contribution in [3.63, 3.8) is 0 Å². The molecule has 3 rings (SSSR count). The van der Waals surface area contributed by atoms with Crippen LogP contribution in [0.25, 0.3) is 0 Å². The number of ether oxygens (including phenoxy) is 4. The van der Waals surface area contributed by atoms with Crippen LogP contribution in [0.15, 0.2) is 36.6 Å². The Bertz CT molecular complexity index is 649. The first-order chi connectivity index (χ1) is 12.0. The number of carbonyl (C=O) groups is 1. The molecule has 0 N–H and O–H groups in total. The van der Waals surface area contributed by atoms with Gasteiger partial charge in [0.2, 0.25) is 0 Å². The molecule has 2 saturated carbocycles. The Morgan fingerprint density at radius 2 is 1.84 bits per heavy atom. The first-order valence-corrected chi connectivity index (χ1v) is 8.59. The number of allylic oxidation sites excluding steroid dienone is 1. The van der Waals surface area contributed by atoms with E-state index in [2.05, 4.69) is 13.8 Å². The third-order valence-electron chi connectivity index (χ3n) is 5.97. The summed E-state index contributed by atoms with van der Waals surface area (Å²) in [7, 11) is 3.20. The van der Waals surface area contributed by atoms with Gasteiger partial charge in [-0.2, -0.15) is 0 Å². The predicted molar refractivity (Wildman–Crippen MR) is 93.5 cm³/mol. The summed E-state index contributed by atoms with van der Waals surface area (Å²) >= 11 is 0. The van der Waals surface area contributed by atoms with E-state index in [1.807, 2.05) is 30.3 Å². The molecular formula is C20H26O5. The molecule has 0 heterocycles. The summed E-state index contributed by atoms with van der Waals surface area (Å²) in [5.74, 6) is 1.83. The van der Waals surface area contributed by atoms with Crippen LogP contribution in [-0.2, 0) is 14.3 Å². The summed E-state index contributed by atoms with van der Waals surface area (Å²) in [4.78, 5) is 13.0. The average molecular weight is 346 g/mol. The lowest BCUT2D eigenvalue weighted by Crippen LogP contribution is -2.37. The highest BCUT2D eigenvalue weighted by molar-refractivity contribution is 5.95. The van der Waals surface area contributed by atoms with Gasteiger partial charge in [-0.25, -0.2) is 0 Å². The highest BCUT2D eigenvalue weighted by Crippen LogP contribution is 2.65. The molecule has 0 aromatic heterocycles. The van der Waals surface area contributed by atoms with Crippen molar-refractivity contribution in [3.8, 4) is 11.5 Å². The van der Waals surface area contributed by atoms with Gasteiger partial charge >= 0.3 is 0 Å². The molecule has 136 valence electrons. The Hall–Kier alpha value is -1.85. The largest absolute Gasteiger partial charge is 0.497 e. The quantitative estimate of drug-likeness (QED) is 0.558. The van der Waals surface area contributed by atoms with Gasteiger partial charge in [-0.3, -0.25) is 4.79 Å². The molecule has 0 amide bonds. The summed E-state index contributed by atoms with van der Waals surface area (Å²) < 4.78 is 21.5. The average Bonchev–Trinajstić information content (AvgIpc) is 2.95.